The van der Waals surface area contributed by atoms with Gasteiger partial charge in [-0.05, 0) is 36.8 Å². The molecule has 138 valence electrons. The molecule has 0 unspecified atom stereocenters. The highest BCUT2D eigenvalue weighted by atomic mass is 35.5. The minimum atomic E-state index is -0.328. The molecule has 3 aromatic rings. The Hall–Kier alpha value is -2.86. The number of nitrogens with zero attached hydrogens (tertiary/aromatic N) is 4. The van der Waals surface area contributed by atoms with Crippen molar-refractivity contribution in [2.75, 3.05) is 36.0 Å². The summed E-state index contributed by atoms with van der Waals surface area (Å²) in [4.78, 5) is 33.2. The number of anilines is 2. The van der Waals surface area contributed by atoms with Gasteiger partial charge in [0.2, 0.25) is 0 Å². The number of benzene rings is 1. The van der Waals surface area contributed by atoms with Gasteiger partial charge in [0.1, 0.15) is 17.0 Å². The van der Waals surface area contributed by atoms with Gasteiger partial charge in [0, 0.05) is 43.1 Å². The smallest absolute Gasteiger partial charge is 0.270 e. The van der Waals surface area contributed by atoms with E-state index in [0.29, 0.717) is 35.9 Å². The SMILES string of the molecule is Cc1ccc2nc(N3CCN(c4cccc(Cl)c4)CC3)c(C=O)c(=O)n2c1. The van der Waals surface area contributed by atoms with E-state index >= 15 is 0 Å². The van der Waals surface area contributed by atoms with Gasteiger partial charge in [-0.25, -0.2) is 4.98 Å². The van der Waals surface area contributed by atoms with Gasteiger partial charge in [0.15, 0.2) is 6.29 Å². The molecule has 0 N–H and O–H groups in total. The van der Waals surface area contributed by atoms with Crippen LogP contribution in [-0.4, -0.2) is 41.8 Å². The number of hydrogen-bond donors (Lipinski definition) is 0. The van der Waals surface area contributed by atoms with Crippen LogP contribution in [0.15, 0.2) is 47.4 Å². The van der Waals surface area contributed by atoms with Crippen LogP contribution in [0.5, 0.6) is 0 Å². The first-order chi connectivity index (χ1) is 13.1. The summed E-state index contributed by atoms with van der Waals surface area (Å²) >= 11 is 6.09. The monoisotopic (exact) mass is 382 g/mol. The molecule has 7 heteroatoms. The zero-order valence-corrected chi connectivity index (χ0v) is 15.7. The van der Waals surface area contributed by atoms with Gasteiger partial charge in [-0.2, -0.15) is 0 Å². The van der Waals surface area contributed by atoms with Gasteiger partial charge in [0.25, 0.3) is 5.56 Å². The summed E-state index contributed by atoms with van der Waals surface area (Å²) < 4.78 is 1.44. The molecule has 0 radical (unpaired) electrons. The molecule has 0 bridgehead atoms. The van der Waals surface area contributed by atoms with Crippen molar-refractivity contribution in [2.45, 2.75) is 6.92 Å². The fourth-order valence-corrected chi connectivity index (χ4v) is 3.62. The van der Waals surface area contributed by atoms with Crippen LogP contribution in [0.3, 0.4) is 0 Å². The number of fused-ring (bicyclic) bond motifs is 1. The van der Waals surface area contributed by atoms with Crippen molar-refractivity contribution in [1.82, 2.24) is 9.38 Å². The highest BCUT2D eigenvalue weighted by molar-refractivity contribution is 6.30. The first-order valence-electron chi connectivity index (χ1n) is 8.80. The molecule has 0 spiro atoms. The molecule has 4 rings (SSSR count). The largest absolute Gasteiger partial charge is 0.368 e. The van der Waals surface area contributed by atoms with Crippen LogP contribution in [0.1, 0.15) is 15.9 Å². The number of aryl methyl sites for hydroxylation is 1. The molecule has 1 aromatic carbocycles. The summed E-state index contributed by atoms with van der Waals surface area (Å²) in [5.74, 6) is 0.463. The Morgan fingerprint density at radius 3 is 2.52 bits per heavy atom. The number of carbonyl (C=O) groups excluding carboxylic acids is 1. The van der Waals surface area contributed by atoms with E-state index < -0.39 is 0 Å². The van der Waals surface area contributed by atoms with Crippen molar-refractivity contribution in [1.29, 1.82) is 0 Å². The predicted molar refractivity (Wildman–Crippen MR) is 107 cm³/mol. The number of aromatic nitrogens is 2. The molecule has 0 amide bonds. The maximum absolute atomic E-state index is 12.7. The molecule has 2 aromatic heterocycles. The van der Waals surface area contributed by atoms with E-state index in [0.717, 1.165) is 24.3 Å². The Labute approximate surface area is 161 Å². The van der Waals surface area contributed by atoms with Crippen molar-refractivity contribution in [2.24, 2.45) is 0 Å². The molecule has 3 heterocycles. The normalized spacial score (nSPS) is 14.6. The number of hydrogen-bond acceptors (Lipinski definition) is 5. The van der Waals surface area contributed by atoms with E-state index in [2.05, 4.69) is 9.88 Å². The van der Waals surface area contributed by atoms with E-state index in [1.54, 1.807) is 12.3 Å². The van der Waals surface area contributed by atoms with Crippen LogP contribution >= 0.6 is 11.6 Å². The Morgan fingerprint density at radius 2 is 1.81 bits per heavy atom. The summed E-state index contributed by atoms with van der Waals surface area (Å²) in [5.41, 5.74) is 2.33. The van der Waals surface area contributed by atoms with Gasteiger partial charge in [0.05, 0.1) is 0 Å². The van der Waals surface area contributed by atoms with Crippen molar-refractivity contribution >= 4 is 35.0 Å². The summed E-state index contributed by atoms with van der Waals surface area (Å²) in [6.45, 7) is 4.75. The standard InChI is InChI=1S/C20H19ClN4O2/c1-14-5-6-18-22-19(17(13-26)20(27)25(18)12-14)24-9-7-23(8-10-24)16-4-2-3-15(21)11-16/h2-6,11-13H,7-10H2,1H3. The third-order valence-corrected chi connectivity index (χ3v) is 5.09. The molecular weight excluding hydrogens is 364 g/mol. The zero-order chi connectivity index (χ0) is 19.0. The van der Waals surface area contributed by atoms with E-state index in [4.69, 9.17) is 11.6 Å². The molecule has 6 nitrogen and oxygen atoms in total. The second kappa shape index (κ2) is 7.04. The van der Waals surface area contributed by atoms with E-state index in [-0.39, 0.29) is 11.1 Å². The van der Waals surface area contributed by atoms with Gasteiger partial charge >= 0.3 is 0 Å². The van der Waals surface area contributed by atoms with Gasteiger partial charge in [-0.3, -0.25) is 14.0 Å². The van der Waals surface area contributed by atoms with Crippen LogP contribution in [0, 0.1) is 6.92 Å². The Morgan fingerprint density at radius 1 is 1.07 bits per heavy atom. The van der Waals surface area contributed by atoms with Gasteiger partial charge in [-0.15, -0.1) is 0 Å². The van der Waals surface area contributed by atoms with Crippen LogP contribution in [0.4, 0.5) is 11.5 Å². The van der Waals surface area contributed by atoms with Crippen molar-refractivity contribution < 1.29 is 4.79 Å². The number of rotatable bonds is 3. The van der Waals surface area contributed by atoms with Gasteiger partial charge < -0.3 is 9.80 Å². The highest BCUT2D eigenvalue weighted by Crippen LogP contribution is 2.23. The number of pyridine rings is 1. The number of aldehydes is 1. The van der Waals surface area contributed by atoms with Crippen LogP contribution < -0.4 is 15.4 Å². The molecule has 1 saturated heterocycles. The zero-order valence-electron chi connectivity index (χ0n) is 14.9. The lowest BCUT2D eigenvalue weighted by atomic mass is 10.2. The topological polar surface area (TPSA) is 57.9 Å². The van der Waals surface area contributed by atoms with Crippen LogP contribution in [-0.2, 0) is 0 Å². The predicted octanol–water partition coefficient (Wildman–Crippen LogP) is 2.80. The van der Waals surface area contributed by atoms with E-state index in [1.165, 1.54) is 4.40 Å². The summed E-state index contributed by atoms with van der Waals surface area (Å²) in [5, 5.41) is 0.706. The first kappa shape index (κ1) is 17.5. The molecular formula is C20H19ClN4O2. The average molecular weight is 383 g/mol. The minimum absolute atomic E-state index is 0.106. The lowest BCUT2D eigenvalue weighted by Crippen LogP contribution is -2.47. The summed E-state index contributed by atoms with van der Waals surface area (Å²) in [6.07, 6.45) is 2.32. The Kier molecular flexibility index (Phi) is 4.58. The fourth-order valence-electron chi connectivity index (χ4n) is 3.44. The quantitative estimate of drug-likeness (QED) is 0.652. The number of carbonyl (C=O) groups is 1. The first-order valence-corrected chi connectivity index (χ1v) is 9.18. The molecule has 1 aliphatic rings. The molecule has 0 aliphatic carbocycles. The molecule has 1 aliphatic heterocycles. The van der Waals surface area contributed by atoms with Crippen molar-refractivity contribution in [3.63, 3.8) is 0 Å². The Bertz CT molecular complexity index is 1070. The third-order valence-electron chi connectivity index (χ3n) is 4.86. The second-order valence-electron chi connectivity index (χ2n) is 6.66. The van der Waals surface area contributed by atoms with Crippen LogP contribution in [0.25, 0.3) is 5.65 Å². The molecule has 0 atom stereocenters. The highest BCUT2D eigenvalue weighted by Gasteiger charge is 2.23. The number of piperazine rings is 1. The van der Waals surface area contributed by atoms with E-state index in [1.807, 2.05) is 42.2 Å². The average Bonchev–Trinajstić information content (AvgIpc) is 2.68. The maximum atomic E-state index is 12.7. The second-order valence-corrected chi connectivity index (χ2v) is 7.10. The maximum Gasteiger partial charge on any atom is 0.270 e. The lowest BCUT2D eigenvalue weighted by molar-refractivity contribution is 0.112. The minimum Gasteiger partial charge on any atom is -0.368 e. The van der Waals surface area contributed by atoms with Crippen molar-refractivity contribution in [3.05, 3.63) is 69.1 Å². The van der Waals surface area contributed by atoms with Crippen LogP contribution in [0.2, 0.25) is 5.02 Å². The summed E-state index contributed by atoms with van der Waals surface area (Å²) in [7, 11) is 0. The Balaban J connectivity index is 1.65. The third kappa shape index (κ3) is 3.28. The van der Waals surface area contributed by atoms with Gasteiger partial charge in [-0.1, -0.05) is 23.7 Å². The molecule has 27 heavy (non-hydrogen) atoms. The lowest BCUT2D eigenvalue weighted by Gasteiger charge is -2.37. The van der Waals surface area contributed by atoms with Crippen molar-refractivity contribution in [3.8, 4) is 0 Å². The number of halogens is 1. The molecule has 1 fully saturated rings. The fraction of sp³-hybridized carbons (Fsp3) is 0.250. The summed E-state index contributed by atoms with van der Waals surface area (Å²) in [6, 6.07) is 11.5. The van der Waals surface area contributed by atoms with E-state index in [9.17, 15) is 9.59 Å². The molecule has 0 saturated carbocycles.